The summed E-state index contributed by atoms with van der Waals surface area (Å²) in [6, 6.07) is 4.30. The third-order valence-electron chi connectivity index (χ3n) is 6.62. The second-order valence-corrected chi connectivity index (χ2v) is 10.6. The van der Waals surface area contributed by atoms with Crippen molar-refractivity contribution in [2.24, 2.45) is 5.92 Å². The molecule has 0 radical (unpaired) electrons. The minimum atomic E-state index is -1.13. The van der Waals surface area contributed by atoms with Gasteiger partial charge in [-0.2, -0.15) is 4.98 Å². The van der Waals surface area contributed by atoms with Crippen LogP contribution in [0.4, 0.5) is 16.2 Å². The standard InChI is InChI=1S/C23H28FN5O3S/c1-13(2)18(12-30)25-22-21-17(7-10-33(21)31)26-23(27-22)29-8-5-14(6-9-29)20-16-11-15(24)3-4-19(16)32-28-20/h3-4,11,13-14,18,30H,5-10,12H2,1-2H3,(H,25,26,27)/t18-,33?/m0/s1. The molecule has 0 saturated carbocycles. The fraction of sp³-hybridized carbons (Fsp3) is 0.522. The van der Waals surface area contributed by atoms with E-state index in [4.69, 9.17) is 14.5 Å². The maximum Gasteiger partial charge on any atom is 0.227 e. The number of hydrogen-bond donors (Lipinski definition) is 2. The molecular weight excluding hydrogens is 445 g/mol. The number of halogens is 1. The quantitative estimate of drug-likeness (QED) is 0.562. The summed E-state index contributed by atoms with van der Waals surface area (Å²) in [5, 5.41) is 18.1. The summed E-state index contributed by atoms with van der Waals surface area (Å²) in [4.78, 5) is 12.3. The van der Waals surface area contributed by atoms with E-state index in [1.54, 1.807) is 6.07 Å². The number of fused-ring (bicyclic) bond motifs is 2. The number of aliphatic hydroxyl groups is 1. The van der Waals surface area contributed by atoms with Gasteiger partial charge in [0.15, 0.2) is 5.58 Å². The summed E-state index contributed by atoms with van der Waals surface area (Å²) >= 11 is 0. The topological polar surface area (TPSA) is 104 Å². The Labute approximate surface area is 194 Å². The molecular formula is C23H28FN5O3S. The maximum absolute atomic E-state index is 13.7. The zero-order valence-corrected chi connectivity index (χ0v) is 19.6. The molecule has 8 nitrogen and oxygen atoms in total. The van der Waals surface area contributed by atoms with Gasteiger partial charge in [-0.25, -0.2) is 9.37 Å². The molecule has 0 aliphatic carbocycles. The van der Waals surface area contributed by atoms with Gasteiger partial charge in [0.25, 0.3) is 0 Å². The van der Waals surface area contributed by atoms with E-state index in [9.17, 15) is 13.7 Å². The van der Waals surface area contributed by atoms with Gasteiger partial charge in [0, 0.05) is 36.6 Å². The molecule has 1 saturated heterocycles. The minimum Gasteiger partial charge on any atom is -0.394 e. The Hall–Kier alpha value is -2.59. The lowest BCUT2D eigenvalue weighted by Gasteiger charge is -2.32. The molecule has 2 aliphatic rings. The zero-order valence-electron chi connectivity index (χ0n) is 18.8. The van der Waals surface area contributed by atoms with Crippen molar-refractivity contribution in [3.8, 4) is 0 Å². The van der Waals surface area contributed by atoms with Crippen molar-refractivity contribution in [1.29, 1.82) is 0 Å². The Bertz CT molecular complexity index is 1190. The fourth-order valence-corrected chi connectivity index (χ4v) is 5.91. The molecule has 33 heavy (non-hydrogen) atoms. The SMILES string of the molecule is CC(C)[C@H](CO)Nc1nc(N2CCC(c3noc4ccc(F)cc34)CC2)nc2c1S(=O)CC2. The van der Waals surface area contributed by atoms with E-state index in [2.05, 4.69) is 15.4 Å². The van der Waals surface area contributed by atoms with Crippen LogP contribution in [0.1, 0.15) is 44.0 Å². The first-order valence-corrected chi connectivity index (χ1v) is 12.7. The number of rotatable bonds is 6. The van der Waals surface area contributed by atoms with Crippen LogP contribution in [0.15, 0.2) is 27.6 Å². The molecule has 2 N–H and O–H groups in total. The van der Waals surface area contributed by atoms with E-state index >= 15 is 0 Å². The van der Waals surface area contributed by atoms with Crippen molar-refractivity contribution >= 4 is 33.5 Å². The van der Waals surface area contributed by atoms with Gasteiger partial charge in [-0.15, -0.1) is 0 Å². The van der Waals surface area contributed by atoms with E-state index in [-0.39, 0.29) is 30.3 Å². The second kappa shape index (κ2) is 8.98. The number of anilines is 2. The molecule has 176 valence electrons. The molecule has 2 atom stereocenters. The third kappa shape index (κ3) is 4.21. The number of benzene rings is 1. The van der Waals surface area contributed by atoms with E-state index in [1.807, 2.05) is 13.8 Å². The summed E-state index contributed by atoms with van der Waals surface area (Å²) in [5.74, 6) is 1.80. The Morgan fingerprint density at radius 3 is 2.82 bits per heavy atom. The van der Waals surface area contributed by atoms with Gasteiger partial charge >= 0.3 is 0 Å². The van der Waals surface area contributed by atoms with Crippen LogP contribution < -0.4 is 10.2 Å². The van der Waals surface area contributed by atoms with Crippen LogP contribution in [0.3, 0.4) is 0 Å². The zero-order chi connectivity index (χ0) is 23.1. The first-order chi connectivity index (χ1) is 15.9. The lowest BCUT2D eigenvalue weighted by Crippen LogP contribution is -2.35. The average molecular weight is 474 g/mol. The Balaban J connectivity index is 1.37. The van der Waals surface area contributed by atoms with Gasteiger partial charge in [-0.1, -0.05) is 19.0 Å². The van der Waals surface area contributed by atoms with Crippen LogP contribution in [-0.4, -0.2) is 55.9 Å². The van der Waals surface area contributed by atoms with Crippen LogP contribution in [0.25, 0.3) is 11.0 Å². The molecule has 10 heteroatoms. The highest BCUT2D eigenvalue weighted by molar-refractivity contribution is 7.85. The molecule has 2 aromatic heterocycles. The first kappa shape index (κ1) is 22.2. The highest BCUT2D eigenvalue weighted by Gasteiger charge is 2.31. The normalized spacial score (nSPS) is 19.9. The lowest BCUT2D eigenvalue weighted by atomic mass is 9.92. The summed E-state index contributed by atoms with van der Waals surface area (Å²) in [7, 11) is -1.13. The fourth-order valence-electron chi connectivity index (χ4n) is 4.60. The van der Waals surface area contributed by atoms with Gasteiger partial charge in [0.1, 0.15) is 16.5 Å². The molecule has 1 aromatic carbocycles. The highest BCUT2D eigenvalue weighted by Crippen LogP contribution is 2.35. The predicted molar refractivity (Wildman–Crippen MR) is 125 cm³/mol. The second-order valence-electron chi connectivity index (χ2n) is 9.09. The molecule has 0 spiro atoms. The number of hydrogen-bond acceptors (Lipinski definition) is 8. The van der Waals surface area contributed by atoms with Crippen LogP contribution in [0.2, 0.25) is 0 Å². The molecule has 5 rings (SSSR count). The smallest absolute Gasteiger partial charge is 0.227 e. The summed E-state index contributed by atoms with van der Waals surface area (Å²) in [6.07, 6.45) is 2.29. The van der Waals surface area contributed by atoms with E-state index in [1.165, 1.54) is 12.1 Å². The van der Waals surface area contributed by atoms with Crippen molar-refractivity contribution in [2.75, 3.05) is 35.7 Å². The molecule has 0 amide bonds. The van der Waals surface area contributed by atoms with Crippen LogP contribution in [-0.2, 0) is 17.2 Å². The minimum absolute atomic E-state index is 0.0317. The molecule has 1 unspecified atom stereocenters. The van der Waals surface area contributed by atoms with E-state index < -0.39 is 10.8 Å². The van der Waals surface area contributed by atoms with Gasteiger partial charge in [0.2, 0.25) is 5.95 Å². The van der Waals surface area contributed by atoms with Crippen LogP contribution in [0, 0.1) is 11.7 Å². The van der Waals surface area contributed by atoms with Gasteiger partial charge in [-0.05, 0) is 37.0 Å². The van der Waals surface area contributed by atoms with Crippen molar-refractivity contribution in [3.63, 3.8) is 0 Å². The molecule has 0 bridgehead atoms. The Morgan fingerprint density at radius 2 is 2.09 bits per heavy atom. The first-order valence-electron chi connectivity index (χ1n) is 11.4. The number of piperidine rings is 1. The van der Waals surface area contributed by atoms with E-state index in [0.29, 0.717) is 34.4 Å². The van der Waals surface area contributed by atoms with Gasteiger partial charge in [-0.3, -0.25) is 4.21 Å². The summed E-state index contributed by atoms with van der Waals surface area (Å²) in [5.41, 5.74) is 2.23. The molecule has 1 fully saturated rings. The van der Waals surface area contributed by atoms with Crippen molar-refractivity contribution in [3.05, 3.63) is 35.4 Å². The number of aliphatic hydroxyl groups excluding tert-OH is 1. The van der Waals surface area contributed by atoms with Crippen molar-refractivity contribution in [1.82, 2.24) is 15.1 Å². The van der Waals surface area contributed by atoms with Crippen LogP contribution in [0.5, 0.6) is 0 Å². The maximum atomic E-state index is 13.7. The van der Waals surface area contributed by atoms with Gasteiger partial charge < -0.3 is 19.8 Å². The highest BCUT2D eigenvalue weighted by atomic mass is 32.2. The largest absolute Gasteiger partial charge is 0.394 e. The van der Waals surface area contributed by atoms with Crippen molar-refractivity contribution in [2.45, 2.75) is 50.0 Å². The Morgan fingerprint density at radius 1 is 1.30 bits per heavy atom. The van der Waals surface area contributed by atoms with Crippen molar-refractivity contribution < 1.29 is 18.2 Å². The average Bonchev–Trinajstić information content (AvgIpc) is 3.40. The molecule has 2 aliphatic heterocycles. The predicted octanol–water partition coefficient (Wildman–Crippen LogP) is 3.23. The summed E-state index contributed by atoms with van der Waals surface area (Å²) < 4.78 is 31.7. The Kier molecular flexibility index (Phi) is 6.05. The number of nitrogens with zero attached hydrogens (tertiary/aromatic N) is 4. The molecule has 3 aromatic rings. The number of aromatic nitrogens is 3. The lowest BCUT2D eigenvalue weighted by molar-refractivity contribution is 0.249. The van der Waals surface area contributed by atoms with E-state index in [0.717, 1.165) is 42.7 Å². The van der Waals surface area contributed by atoms with Gasteiger partial charge in [0.05, 0.1) is 34.8 Å². The molecule has 4 heterocycles. The third-order valence-corrected chi connectivity index (χ3v) is 8.08. The number of aryl methyl sites for hydroxylation is 1. The summed E-state index contributed by atoms with van der Waals surface area (Å²) in [6.45, 7) is 5.47. The van der Waals surface area contributed by atoms with Crippen LogP contribution >= 0.6 is 0 Å². The monoisotopic (exact) mass is 473 g/mol. The number of nitrogens with one attached hydrogen (secondary N) is 1.